The van der Waals surface area contributed by atoms with Crippen molar-refractivity contribution in [1.82, 2.24) is 5.32 Å². The molecule has 2 fully saturated rings. The minimum Gasteiger partial charge on any atom is -0.307 e. The highest BCUT2D eigenvalue weighted by atomic mass is 15.1. The Morgan fingerprint density at radius 1 is 0.957 bits per heavy atom. The van der Waals surface area contributed by atoms with Crippen LogP contribution >= 0.6 is 0 Å². The second-order valence-corrected chi connectivity index (χ2v) is 7.37. The van der Waals surface area contributed by atoms with E-state index in [1.807, 2.05) is 0 Å². The molecule has 2 aromatic rings. The molecule has 0 radical (unpaired) electrons. The van der Waals surface area contributed by atoms with Gasteiger partial charge < -0.3 is 5.32 Å². The molecule has 0 aromatic heterocycles. The summed E-state index contributed by atoms with van der Waals surface area (Å²) in [5, 5.41) is 4.07. The van der Waals surface area contributed by atoms with E-state index in [9.17, 15) is 0 Å². The van der Waals surface area contributed by atoms with Gasteiger partial charge in [-0.3, -0.25) is 0 Å². The highest BCUT2D eigenvalue weighted by Gasteiger charge is 2.57. The summed E-state index contributed by atoms with van der Waals surface area (Å²) in [5.41, 5.74) is 3.34. The molecule has 0 saturated carbocycles. The average Bonchev–Trinajstić information content (AvgIpc) is 3.18. The zero-order chi connectivity index (χ0) is 15.7. The van der Waals surface area contributed by atoms with Crippen LogP contribution in [0.5, 0.6) is 0 Å². The van der Waals surface area contributed by atoms with Gasteiger partial charge in [0.1, 0.15) is 0 Å². The van der Waals surface area contributed by atoms with Gasteiger partial charge in [-0.25, -0.2) is 0 Å². The third-order valence-electron chi connectivity index (χ3n) is 6.08. The van der Waals surface area contributed by atoms with Crippen LogP contribution < -0.4 is 5.32 Å². The smallest absolute Gasteiger partial charge is 0.0259 e. The van der Waals surface area contributed by atoms with Gasteiger partial charge in [-0.15, -0.1) is 0 Å². The lowest BCUT2D eigenvalue weighted by Gasteiger charge is -2.39. The lowest BCUT2D eigenvalue weighted by atomic mass is 9.65. The first kappa shape index (κ1) is 15.0. The highest BCUT2D eigenvalue weighted by molar-refractivity contribution is 5.39. The van der Waals surface area contributed by atoms with E-state index in [0.717, 1.165) is 0 Å². The van der Waals surface area contributed by atoms with Gasteiger partial charge in [0.2, 0.25) is 0 Å². The minimum absolute atomic E-state index is 0.308. The van der Waals surface area contributed by atoms with Gasteiger partial charge in [0.25, 0.3) is 0 Å². The van der Waals surface area contributed by atoms with Crippen LogP contribution in [0.25, 0.3) is 0 Å². The number of nitrogens with one attached hydrogen (secondary N) is 1. The van der Waals surface area contributed by atoms with Gasteiger partial charge in [0.05, 0.1) is 0 Å². The maximum Gasteiger partial charge on any atom is 0.0259 e. The summed E-state index contributed by atoms with van der Waals surface area (Å²) in [7, 11) is 0. The zero-order valence-corrected chi connectivity index (χ0v) is 14.0. The molecule has 2 heterocycles. The molecule has 2 aliphatic rings. The number of unbranched alkanes of at least 4 members (excludes halogenated alkanes) is 1. The van der Waals surface area contributed by atoms with E-state index >= 15 is 0 Å². The number of hydrogen-bond donors (Lipinski definition) is 1. The highest BCUT2D eigenvalue weighted by Crippen LogP contribution is 2.57. The summed E-state index contributed by atoms with van der Waals surface area (Å²) in [5.74, 6) is 1.22. The summed E-state index contributed by atoms with van der Waals surface area (Å²) in [4.78, 5) is 0. The largest absolute Gasteiger partial charge is 0.307 e. The summed E-state index contributed by atoms with van der Waals surface area (Å²) in [6, 6.07) is 23.1. The summed E-state index contributed by atoms with van der Waals surface area (Å²) in [6.07, 6.45) is 6.58. The van der Waals surface area contributed by atoms with E-state index in [2.05, 4.69) is 72.9 Å². The van der Waals surface area contributed by atoms with E-state index in [1.54, 1.807) is 0 Å². The Labute approximate surface area is 140 Å². The molecular formula is C22H27N. The lowest BCUT2D eigenvalue weighted by Crippen LogP contribution is -2.41. The fourth-order valence-electron chi connectivity index (χ4n) is 5.15. The van der Waals surface area contributed by atoms with Crippen molar-refractivity contribution in [3.63, 3.8) is 0 Å². The Morgan fingerprint density at radius 3 is 2.26 bits per heavy atom. The summed E-state index contributed by atoms with van der Waals surface area (Å²) in [6.45, 7) is 2.31. The molecule has 4 atom stereocenters. The molecule has 1 heteroatoms. The van der Waals surface area contributed by atoms with Gasteiger partial charge in [-0.05, 0) is 30.4 Å². The van der Waals surface area contributed by atoms with E-state index in [4.69, 9.17) is 0 Å². The van der Waals surface area contributed by atoms with E-state index in [1.165, 1.54) is 43.2 Å². The summed E-state index contributed by atoms with van der Waals surface area (Å²) >= 11 is 0. The van der Waals surface area contributed by atoms with Gasteiger partial charge in [0, 0.05) is 23.4 Å². The molecule has 0 amide bonds. The van der Waals surface area contributed by atoms with Crippen molar-refractivity contribution in [2.45, 2.75) is 62.4 Å². The zero-order valence-electron chi connectivity index (χ0n) is 14.0. The summed E-state index contributed by atoms with van der Waals surface area (Å²) < 4.78 is 0. The van der Waals surface area contributed by atoms with Crippen molar-refractivity contribution < 1.29 is 0 Å². The average molecular weight is 305 g/mol. The topological polar surface area (TPSA) is 12.0 Å². The first-order valence-electron chi connectivity index (χ1n) is 9.22. The van der Waals surface area contributed by atoms with E-state index in [-0.39, 0.29) is 0 Å². The van der Waals surface area contributed by atoms with E-state index < -0.39 is 0 Å². The lowest BCUT2D eigenvalue weighted by molar-refractivity contribution is 0.290. The predicted octanol–water partition coefficient (Wildman–Crippen LogP) is 5.25. The first-order chi connectivity index (χ1) is 11.3. The Balaban J connectivity index is 1.77. The molecule has 120 valence electrons. The van der Waals surface area contributed by atoms with Crippen molar-refractivity contribution in [2.24, 2.45) is 0 Å². The van der Waals surface area contributed by atoms with Crippen LogP contribution in [-0.2, 0) is 0 Å². The Hall–Kier alpha value is -1.60. The van der Waals surface area contributed by atoms with Crippen molar-refractivity contribution in [3.05, 3.63) is 71.8 Å². The van der Waals surface area contributed by atoms with Crippen molar-refractivity contribution in [2.75, 3.05) is 0 Å². The number of fused-ring (bicyclic) bond motifs is 2. The fourth-order valence-corrected chi connectivity index (χ4v) is 5.15. The van der Waals surface area contributed by atoms with Crippen molar-refractivity contribution in [1.29, 1.82) is 0 Å². The monoisotopic (exact) mass is 305 g/mol. The molecule has 0 spiro atoms. The predicted molar refractivity (Wildman–Crippen MR) is 96.8 cm³/mol. The SMILES string of the molecule is CCCC[C@@]12CC[C@@H](N1)[C@@H](c1ccccc1)[C@@H]2c1ccccc1. The van der Waals surface area contributed by atoms with Crippen LogP contribution in [0.4, 0.5) is 0 Å². The molecule has 4 rings (SSSR count). The third kappa shape index (κ3) is 2.52. The molecule has 0 unspecified atom stereocenters. The van der Waals surface area contributed by atoms with Crippen LogP contribution in [0.3, 0.4) is 0 Å². The van der Waals surface area contributed by atoms with Crippen molar-refractivity contribution >= 4 is 0 Å². The standard InChI is InChI=1S/C22H27N/c1-2-3-15-22-16-14-19(23-22)20(17-10-6-4-7-11-17)21(22)18-12-8-5-9-13-18/h4-13,19-21,23H,2-3,14-16H2,1H3/t19-,20-,21+,22+/m1/s1. The number of benzene rings is 2. The third-order valence-corrected chi connectivity index (χ3v) is 6.08. The minimum atomic E-state index is 0.308. The Morgan fingerprint density at radius 2 is 1.61 bits per heavy atom. The van der Waals surface area contributed by atoms with Crippen LogP contribution in [0.1, 0.15) is 62.0 Å². The molecule has 2 aliphatic heterocycles. The van der Waals surface area contributed by atoms with Crippen LogP contribution in [0.15, 0.2) is 60.7 Å². The molecule has 23 heavy (non-hydrogen) atoms. The van der Waals surface area contributed by atoms with Crippen LogP contribution in [-0.4, -0.2) is 11.6 Å². The Bertz CT molecular complexity index is 636. The molecule has 0 aliphatic carbocycles. The molecule has 2 saturated heterocycles. The maximum absolute atomic E-state index is 4.07. The van der Waals surface area contributed by atoms with Gasteiger partial charge in [-0.2, -0.15) is 0 Å². The fraction of sp³-hybridized carbons (Fsp3) is 0.455. The first-order valence-corrected chi connectivity index (χ1v) is 9.22. The van der Waals surface area contributed by atoms with Crippen LogP contribution in [0, 0.1) is 0 Å². The molecule has 2 bridgehead atoms. The quantitative estimate of drug-likeness (QED) is 0.795. The van der Waals surface area contributed by atoms with E-state index in [0.29, 0.717) is 23.4 Å². The van der Waals surface area contributed by atoms with Crippen molar-refractivity contribution in [3.8, 4) is 0 Å². The molecule has 1 nitrogen and oxygen atoms in total. The van der Waals surface area contributed by atoms with Gasteiger partial charge in [-0.1, -0.05) is 80.4 Å². The second kappa shape index (κ2) is 6.13. The van der Waals surface area contributed by atoms with Gasteiger partial charge in [0.15, 0.2) is 0 Å². The Kier molecular flexibility index (Phi) is 3.98. The maximum atomic E-state index is 4.07. The molecular weight excluding hydrogens is 278 g/mol. The number of hydrogen-bond acceptors (Lipinski definition) is 1. The normalized spacial score (nSPS) is 32.3. The molecule has 1 N–H and O–H groups in total. The second-order valence-electron chi connectivity index (χ2n) is 7.37. The number of rotatable bonds is 5. The van der Waals surface area contributed by atoms with Crippen LogP contribution in [0.2, 0.25) is 0 Å². The molecule has 2 aromatic carbocycles. The van der Waals surface area contributed by atoms with Gasteiger partial charge >= 0.3 is 0 Å².